The number of nitrogens with one attached hydrogen (secondary N) is 2. The van der Waals surface area contributed by atoms with Crippen LogP contribution in [0.3, 0.4) is 0 Å². The number of carbonyl (C=O) groups excluding carboxylic acids is 1. The van der Waals surface area contributed by atoms with E-state index in [0.29, 0.717) is 24.4 Å². The number of hydrogen-bond donors (Lipinski definition) is 3. The third kappa shape index (κ3) is 3.77. The summed E-state index contributed by atoms with van der Waals surface area (Å²) in [6, 6.07) is 6.86. The van der Waals surface area contributed by atoms with Crippen LogP contribution in [0, 0.1) is 0 Å². The second kappa shape index (κ2) is 6.31. The van der Waals surface area contributed by atoms with Gasteiger partial charge in [-0.2, -0.15) is 0 Å². The van der Waals surface area contributed by atoms with Gasteiger partial charge in [-0.25, -0.2) is 0 Å². The zero-order valence-electron chi connectivity index (χ0n) is 10.4. The Morgan fingerprint density at radius 1 is 1.42 bits per heavy atom. The molecule has 1 atom stereocenters. The molecule has 6 heteroatoms. The van der Waals surface area contributed by atoms with Gasteiger partial charge in [0, 0.05) is 18.8 Å². The van der Waals surface area contributed by atoms with Gasteiger partial charge in [-0.15, -0.1) is 0 Å². The SMILES string of the molecule is O=C(O)Cc1ccccc1NC(=O)C1CNCCO1. The van der Waals surface area contributed by atoms with E-state index in [9.17, 15) is 9.59 Å². The summed E-state index contributed by atoms with van der Waals surface area (Å²) in [4.78, 5) is 22.7. The molecular formula is C13H16N2O4. The summed E-state index contributed by atoms with van der Waals surface area (Å²) in [5, 5.41) is 14.6. The van der Waals surface area contributed by atoms with Crippen LogP contribution in [0.25, 0.3) is 0 Å². The summed E-state index contributed by atoms with van der Waals surface area (Å²) in [6.07, 6.45) is -0.660. The van der Waals surface area contributed by atoms with Gasteiger partial charge in [0.2, 0.25) is 0 Å². The molecule has 2 rings (SSSR count). The fraction of sp³-hybridized carbons (Fsp3) is 0.385. The Morgan fingerprint density at radius 2 is 2.21 bits per heavy atom. The van der Waals surface area contributed by atoms with Crippen molar-refractivity contribution in [2.24, 2.45) is 0 Å². The van der Waals surface area contributed by atoms with E-state index in [2.05, 4.69) is 10.6 Å². The second-order valence-electron chi connectivity index (χ2n) is 4.28. The molecule has 3 N–H and O–H groups in total. The van der Waals surface area contributed by atoms with Crippen LogP contribution in [0.1, 0.15) is 5.56 Å². The molecule has 1 aromatic carbocycles. The summed E-state index contributed by atoms with van der Waals surface area (Å²) in [5.74, 6) is -1.19. The minimum absolute atomic E-state index is 0.125. The van der Waals surface area contributed by atoms with Crippen LogP contribution in [0.4, 0.5) is 5.69 Å². The average molecular weight is 264 g/mol. The number of anilines is 1. The Bertz CT molecular complexity index is 469. The van der Waals surface area contributed by atoms with Crippen molar-refractivity contribution in [1.82, 2.24) is 5.32 Å². The lowest BCUT2D eigenvalue weighted by atomic mass is 10.1. The van der Waals surface area contributed by atoms with Crippen molar-refractivity contribution in [3.63, 3.8) is 0 Å². The molecule has 1 fully saturated rings. The highest BCUT2D eigenvalue weighted by atomic mass is 16.5. The number of amides is 1. The van der Waals surface area contributed by atoms with Gasteiger partial charge in [0.1, 0.15) is 6.10 Å². The first-order chi connectivity index (χ1) is 9.16. The number of hydrogen-bond acceptors (Lipinski definition) is 4. The number of carbonyl (C=O) groups is 2. The van der Waals surface area contributed by atoms with Crippen LogP contribution in [0.2, 0.25) is 0 Å². The van der Waals surface area contributed by atoms with Crippen molar-refractivity contribution in [2.45, 2.75) is 12.5 Å². The highest BCUT2D eigenvalue weighted by Gasteiger charge is 2.22. The molecule has 19 heavy (non-hydrogen) atoms. The van der Waals surface area contributed by atoms with Gasteiger partial charge in [-0.05, 0) is 11.6 Å². The van der Waals surface area contributed by atoms with Gasteiger partial charge < -0.3 is 20.5 Å². The number of rotatable bonds is 4. The second-order valence-corrected chi connectivity index (χ2v) is 4.28. The van der Waals surface area contributed by atoms with E-state index in [0.717, 1.165) is 6.54 Å². The predicted octanol–water partition coefficient (Wildman–Crippen LogP) is 0.241. The normalized spacial score (nSPS) is 18.8. The molecular weight excluding hydrogens is 248 g/mol. The van der Waals surface area contributed by atoms with Crippen LogP contribution in [-0.2, 0) is 20.7 Å². The summed E-state index contributed by atoms with van der Waals surface area (Å²) >= 11 is 0. The monoisotopic (exact) mass is 264 g/mol. The van der Waals surface area contributed by atoms with Crippen molar-refractivity contribution in [3.8, 4) is 0 Å². The van der Waals surface area contributed by atoms with E-state index < -0.39 is 12.1 Å². The van der Waals surface area contributed by atoms with E-state index in [1.54, 1.807) is 24.3 Å². The Balaban J connectivity index is 2.05. The molecule has 0 bridgehead atoms. The third-order valence-electron chi connectivity index (χ3n) is 2.84. The molecule has 6 nitrogen and oxygen atoms in total. The number of aliphatic carboxylic acids is 1. The standard InChI is InChI=1S/C13H16N2O4/c16-12(17)7-9-3-1-2-4-10(9)15-13(18)11-8-14-5-6-19-11/h1-4,11,14H,5-8H2,(H,15,18)(H,16,17). The highest BCUT2D eigenvalue weighted by molar-refractivity contribution is 5.95. The number of para-hydroxylation sites is 1. The molecule has 0 aromatic heterocycles. The fourth-order valence-corrected chi connectivity index (χ4v) is 1.91. The van der Waals surface area contributed by atoms with Crippen molar-refractivity contribution >= 4 is 17.6 Å². The van der Waals surface area contributed by atoms with E-state index in [4.69, 9.17) is 9.84 Å². The smallest absolute Gasteiger partial charge is 0.307 e. The number of morpholine rings is 1. The maximum atomic E-state index is 12.0. The van der Waals surface area contributed by atoms with Crippen LogP contribution in [-0.4, -0.2) is 42.8 Å². The van der Waals surface area contributed by atoms with E-state index >= 15 is 0 Å². The summed E-state index contributed by atoms with van der Waals surface area (Å²) in [6.45, 7) is 1.70. The summed E-state index contributed by atoms with van der Waals surface area (Å²) in [5.41, 5.74) is 1.09. The molecule has 1 heterocycles. The first kappa shape index (κ1) is 13.5. The van der Waals surface area contributed by atoms with Gasteiger partial charge in [0.15, 0.2) is 0 Å². The molecule has 0 aliphatic carbocycles. The largest absolute Gasteiger partial charge is 0.481 e. The number of benzene rings is 1. The van der Waals surface area contributed by atoms with Gasteiger partial charge in [-0.3, -0.25) is 9.59 Å². The molecule has 0 radical (unpaired) electrons. The third-order valence-corrected chi connectivity index (χ3v) is 2.84. The molecule has 0 saturated carbocycles. The van der Waals surface area contributed by atoms with Crippen LogP contribution in [0.5, 0.6) is 0 Å². The molecule has 1 aromatic rings. The molecule has 1 saturated heterocycles. The predicted molar refractivity (Wildman–Crippen MR) is 69.0 cm³/mol. The Morgan fingerprint density at radius 3 is 2.89 bits per heavy atom. The average Bonchev–Trinajstić information content (AvgIpc) is 2.41. The maximum Gasteiger partial charge on any atom is 0.307 e. The van der Waals surface area contributed by atoms with E-state index in [1.165, 1.54) is 0 Å². The van der Waals surface area contributed by atoms with Crippen molar-refractivity contribution in [2.75, 3.05) is 25.0 Å². The van der Waals surface area contributed by atoms with Gasteiger partial charge in [0.05, 0.1) is 13.0 Å². The topological polar surface area (TPSA) is 87.7 Å². The lowest BCUT2D eigenvalue weighted by molar-refractivity contribution is -0.136. The maximum absolute atomic E-state index is 12.0. The highest BCUT2D eigenvalue weighted by Crippen LogP contribution is 2.16. The van der Waals surface area contributed by atoms with Crippen molar-refractivity contribution in [1.29, 1.82) is 0 Å². The Hall–Kier alpha value is -1.92. The zero-order chi connectivity index (χ0) is 13.7. The minimum atomic E-state index is -0.933. The quantitative estimate of drug-likeness (QED) is 0.725. The molecule has 0 spiro atoms. The van der Waals surface area contributed by atoms with Crippen molar-refractivity contribution in [3.05, 3.63) is 29.8 Å². The molecule has 1 aliphatic heterocycles. The number of ether oxygens (including phenoxy) is 1. The number of carboxylic acids is 1. The molecule has 1 aliphatic rings. The lowest BCUT2D eigenvalue weighted by Crippen LogP contribution is -2.45. The molecule has 1 amide bonds. The first-order valence-corrected chi connectivity index (χ1v) is 6.09. The summed E-state index contributed by atoms with van der Waals surface area (Å²) in [7, 11) is 0. The van der Waals surface area contributed by atoms with Crippen molar-refractivity contribution < 1.29 is 19.4 Å². The lowest BCUT2D eigenvalue weighted by Gasteiger charge is -2.23. The van der Waals surface area contributed by atoms with Gasteiger partial charge >= 0.3 is 5.97 Å². The molecule has 102 valence electrons. The molecule has 1 unspecified atom stereocenters. The van der Waals surface area contributed by atoms with E-state index in [-0.39, 0.29) is 12.3 Å². The van der Waals surface area contributed by atoms with Crippen LogP contribution in [0.15, 0.2) is 24.3 Å². The van der Waals surface area contributed by atoms with Gasteiger partial charge in [0.25, 0.3) is 5.91 Å². The first-order valence-electron chi connectivity index (χ1n) is 6.09. The zero-order valence-corrected chi connectivity index (χ0v) is 10.4. The van der Waals surface area contributed by atoms with Gasteiger partial charge in [-0.1, -0.05) is 18.2 Å². The fourth-order valence-electron chi connectivity index (χ4n) is 1.91. The number of carboxylic acid groups (broad SMARTS) is 1. The Labute approximate surface area is 110 Å². The summed E-state index contributed by atoms with van der Waals surface area (Å²) < 4.78 is 5.34. The van der Waals surface area contributed by atoms with Crippen LogP contribution < -0.4 is 10.6 Å². The minimum Gasteiger partial charge on any atom is -0.481 e. The Kier molecular flexibility index (Phi) is 4.48. The van der Waals surface area contributed by atoms with E-state index in [1.807, 2.05) is 0 Å². The van der Waals surface area contributed by atoms with Crippen LogP contribution >= 0.6 is 0 Å².